The average Bonchev–Trinajstić information content (AvgIpc) is 2.72. The summed E-state index contributed by atoms with van der Waals surface area (Å²) in [4.78, 5) is 26.8. The third-order valence-electron chi connectivity index (χ3n) is 5.00. The number of phenols is 1. The van der Waals surface area contributed by atoms with Crippen LogP contribution >= 0.6 is 0 Å². The average molecular weight is 441 g/mol. The van der Waals surface area contributed by atoms with Crippen LogP contribution < -0.4 is 19.6 Å². The lowest BCUT2D eigenvalue weighted by Gasteiger charge is -2.29. The second kappa shape index (κ2) is 9.21. The van der Waals surface area contributed by atoms with Crippen LogP contribution in [0.25, 0.3) is 22.3 Å². The predicted octanol–water partition coefficient (Wildman–Crippen LogP) is 4.80. The molecule has 0 radical (unpaired) electrons. The summed E-state index contributed by atoms with van der Waals surface area (Å²) in [5, 5.41) is 10.4. The molecule has 0 fully saturated rings. The molecule has 3 aromatic rings. The van der Waals surface area contributed by atoms with Gasteiger partial charge in [-0.3, -0.25) is 4.79 Å². The number of rotatable bonds is 6. The second-order valence-corrected chi connectivity index (χ2v) is 7.80. The number of nitrogens with zero attached hydrogens (tertiary/aromatic N) is 1. The molecule has 1 heterocycles. The van der Waals surface area contributed by atoms with Gasteiger partial charge in [0.1, 0.15) is 22.5 Å². The molecule has 0 aliphatic carbocycles. The minimum absolute atomic E-state index is 0.000544. The first-order valence-corrected chi connectivity index (χ1v) is 10.2. The fraction of sp³-hybridized carbons (Fsp3) is 0.333. The van der Waals surface area contributed by atoms with Gasteiger partial charge in [-0.1, -0.05) is 0 Å². The molecule has 32 heavy (non-hydrogen) atoms. The van der Waals surface area contributed by atoms with Gasteiger partial charge in [0.15, 0.2) is 16.9 Å². The van der Waals surface area contributed by atoms with Crippen LogP contribution in [-0.2, 0) is 0 Å². The third-order valence-corrected chi connectivity index (χ3v) is 5.00. The van der Waals surface area contributed by atoms with E-state index in [2.05, 4.69) is 0 Å². The molecule has 170 valence electrons. The van der Waals surface area contributed by atoms with Gasteiger partial charge in [-0.15, -0.1) is 0 Å². The van der Waals surface area contributed by atoms with Crippen molar-refractivity contribution in [2.24, 2.45) is 0 Å². The van der Waals surface area contributed by atoms with E-state index >= 15 is 0 Å². The molecular formula is C24H27NO7. The van der Waals surface area contributed by atoms with Crippen LogP contribution in [0.2, 0.25) is 0 Å². The number of phenolic OH excluding ortho intramolecular Hbond substituents is 1. The van der Waals surface area contributed by atoms with Gasteiger partial charge in [-0.2, -0.15) is 0 Å². The number of carbonyl (C=O) groups is 1. The number of ether oxygens (including phenoxy) is 3. The fourth-order valence-electron chi connectivity index (χ4n) is 3.61. The molecule has 0 unspecified atom stereocenters. The Balaban J connectivity index is 1.94. The lowest BCUT2D eigenvalue weighted by Crippen LogP contribution is -2.43. The first-order chi connectivity index (χ1) is 15.2. The van der Waals surface area contributed by atoms with Crippen molar-refractivity contribution in [1.29, 1.82) is 0 Å². The van der Waals surface area contributed by atoms with Crippen LogP contribution in [0.5, 0.6) is 23.0 Å². The van der Waals surface area contributed by atoms with E-state index in [-0.39, 0.29) is 46.1 Å². The molecule has 2 aromatic carbocycles. The Morgan fingerprint density at radius 3 is 2.16 bits per heavy atom. The third kappa shape index (κ3) is 4.34. The van der Waals surface area contributed by atoms with Crippen molar-refractivity contribution in [3.8, 4) is 34.3 Å². The minimum atomic E-state index is -0.434. The summed E-state index contributed by atoms with van der Waals surface area (Å²) < 4.78 is 21.7. The maximum Gasteiger partial charge on any atom is 0.415 e. The smallest absolute Gasteiger partial charge is 0.415 e. The Morgan fingerprint density at radius 2 is 1.62 bits per heavy atom. The van der Waals surface area contributed by atoms with E-state index in [1.807, 2.05) is 27.7 Å². The van der Waals surface area contributed by atoms with Gasteiger partial charge < -0.3 is 28.6 Å². The Labute approximate surface area is 185 Å². The molecule has 8 heteroatoms. The number of hydrogen-bond donors (Lipinski definition) is 1. The molecule has 1 aromatic heterocycles. The van der Waals surface area contributed by atoms with Crippen molar-refractivity contribution in [2.45, 2.75) is 39.8 Å². The van der Waals surface area contributed by atoms with E-state index in [1.54, 1.807) is 29.2 Å². The SMILES string of the molecule is COc1cc2oc(-c3ccc(OC(=O)N(C(C)C)C(C)C)cc3)cc(=O)c2c(O)c1OC. The summed E-state index contributed by atoms with van der Waals surface area (Å²) in [7, 11) is 2.79. The van der Waals surface area contributed by atoms with Crippen LogP contribution in [0.15, 0.2) is 45.6 Å². The summed E-state index contributed by atoms with van der Waals surface area (Å²) in [5.74, 6) is 0.613. The van der Waals surface area contributed by atoms with Gasteiger partial charge in [0.2, 0.25) is 5.75 Å². The monoisotopic (exact) mass is 441 g/mol. The summed E-state index contributed by atoms with van der Waals surface area (Å²) in [6.07, 6.45) is -0.434. The van der Waals surface area contributed by atoms with Crippen LogP contribution in [0.1, 0.15) is 27.7 Å². The summed E-state index contributed by atoms with van der Waals surface area (Å²) >= 11 is 0. The maximum absolute atomic E-state index is 12.7. The first-order valence-electron chi connectivity index (χ1n) is 10.2. The molecule has 0 bridgehead atoms. The highest BCUT2D eigenvalue weighted by Crippen LogP contribution is 2.42. The summed E-state index contributed by atoms with van der Waals surface area (Å²) in [6.45, 7) is 7.70. The Morgan fingerprint density at radius 1 is 1.00 bits per heavy atom. The van der Waals surface area contributed by atoms with E-state index < -0.39 is 11.5 Å². The number of carbonyl (C=O) groups excluding carboxylic acids is 1. The Bertz CT molecular complexity index is 1170. The van der Waals surface area contributed by atoms with Gasteiger partial charge in [0.05, 0.1) is 14.2 Å². The van der Waals surface area contributed by atoms with Crippen molar-refractivity contribution < 1.29 is 28.5 Å². The molecule has 0 aliphatic rings. The molecule has 0 aliphatic heterocycles. The van der Waals surface area contributed by atoms with Crippen molar-refractivity contribution in [3.63, 3.8) is 0 Å². The Hall–Kier alpha value is -3.68. The van der Waals surface area contributed by atoms with Crippen molar-refractivity contribution >= 4 is 17.1 Å². The van der Waals surface area contributed by atoms with E-state index in [4.69, 9.17) is 18.6 Å². The quantitative estimate of drug-likeness (QED) is 0.587. The molecule has 3 rings (SSSR count). The number of benzene rings is 2. The van der Waals surface area contributed by atoms with Crippen molar-refractivity contribution in [2.75, 3.05) is 14.2 Å². The number of aromatic hydroxyl groups is 1. The molecule has 0 saturated carbocycles. The van der Waals surface area contributed by atoms with Gasteiger partial charge in [-0.05, 0) is 52.0 Å². The number of hydrogen-bond acceptors (Lipinski definition) is 7. The number of methoxy groups -OCH3 is 2. The van der Waals surface area contributed by atoms with Crippen LogP contribution in [0, 0.1) is 0 Å². The lowest BCUT2D eigenvalue weighted by molar-refractivity contribution is 0.122. The molecule has 8 nitrogen and oxygen atoms in total. The largest absolute Gasteiger partial charge is 0.504 e. The molecule has 1 amide bonds. The molecule has 0 spiro atoms. The number of amides is 1. The van der Waals surface area contributed by atoms with Gasteiger partial charge in [0, 0.05) is 29.8 Å². The summed E-state index contributed by atoms with van der Waals surface area (Å²) in [6, 6.07) is 9.40. The van der Waals surface area contributed by atoms with Crippen LogP contribution in [-0.4, -0.2) is 42.4 Å². The van der Waals surface area contributed by atoms with Gasteiger partial charge in [0.25, 0.3) is 0 Å². The van der Waals surface area contributed by atoms with Crippen molar-refractivity contribution in [1.82, 2.24) is 4.90 Å². The van der Waals surface area contributed by atoms with E-state index in [0.717, 1.165) is 0 Å². The van der Waals surface area contributed by atoms with Crippen LogP contribution in [0.3, 0.4) is 0 Å². The van der Waals surface area contributed by atoms with E-state index in [1.165, 1.54) is 26.4 Å². The zero-order valence-corrected chi connectivity index (χ0v) is 19.0. The van der Waals surface area contributed by atoms with Crippen LogP contribution in [0.4, 0.5) is 4.79 Å². The van der Waals surface area contributed by atoms with Gasteiger partial charge >= 0.3 is 6.09 Å². The second-order valence-electron chi connectivity index (χ2n) is 7.80. The van der Waals surface area contributed by atoms with E-state index in [0.29, 0.717) is 11.3 Å². The van der Waals surface area contributed by atoms with Gasteiger partial charge in [-0.25, -0.2) is 4.79 Å². The normalized spacial score (nSPS) is 11.1. The zero-order chi connectivity index (χ0) is 23.6. The Kier molecular flexibility index (Phi) is 6.62. The molecule has 0 saturated heterocycles. The molecule has 0 atom stereocenters. The summed E-state index contributed by atoms with van der Waals surface area (Å²) in [5.41, 5.74) is 0.324. The fourth-order valence-corrected chi connectivity index (χ4v) is 3.61. The number of fused-ring (bicyclic) bond motifs is 1. The molecular weight excluding hydrogens is 414 g/mol. The minimum Gasteiger partial charge on any atom is -0.504 e. The standard InChI is InChI=1S/C24H27NO7/c1-13(2)25(14(3)4)24(28)31-16-9-7-15(8-10-16)18-11-17(26)21-19(32-18)12-20(29-5)23(30-6)22(21)27/h7-14,27H,1-6H3. The highest BCUT2D eigenvalue weighted by Gasteiger charge is 2.22. The highest BCUT2D eigenvalue weighted by atomic mass is 16.6. The molecule has 1 N–H and O–H groups in total. The maximum atomic E-state index is 12.7. The van der Waals surface area contributed by atoms with Crippen molar-refractivity contribution in [3.05, 3.63) is 46.6 Å². The zero-order valence-electron chi connectivity index (χ0n) is 19.0. The lowest BCUT2D eigenvalue weighted by atomic mass is 10.1. The first kappa shape index (κ1) is 23.0. The topological polar surface area (TPSA) is 98.4 Å². The highest BCUT2D eigenvalue weighted by molar-refractivity contribution is 5.89. The predicted molar refractivity (Wildman–Crippen MR) is 121 cm³/mol. The van der Waals surface area contributed by atoms with E-state index in [9.17, 15) is 14.7 Å².